The number of aliphatic hydroxyl groups is 1. The lowest BCUT2D eigenvalue weighted by molar-refractivity contribution is -0.890. The Labute approximate surface area is 138 Å². The Kier molecular flexibility index (Phi) is 4.92. The summed E-state index contributed by atoms with van der Waals surface area (Å²) in [6, 6.07) is 4.09. The Morgan fingerprint density at radius 3 is 2.59 bits per heavy atom. The summed E-state index contributed by atoms with van der Waals surface area (Å²) >= 11 is 1.65. The number of hydrogen-bond acceptors (Lipinski definition) is 2. The highest BCUT2D eigenvalue weighted by atomic mass is 32.1. The number of hydrogen-bond donors (Lipinski definition) is 1. The Morgan fingerprint density at radius 2 is 1.95 bits per heavy atom. The number of rotatable bonds is 3. The average Bonchev–Trinajstić information content (AvgIpc) is 3.20. The highest BCUT2D eigenvalue weighted by Gasteiger charge is 2.38. The predicted molar refractivity (Wildman–Crippen MR) is 92.6 cm³/mol. The highest BCUT2D eigenvalue weighted by Crippen LogP contribution is 2.40. The van der Waals surface area contributed by atoms with Crippen LogP contribution in [0.25, 0.3) is 0 Å². The van der Waals surface area contributed by atoms with E-state index in [1.165, 1.54) is 45.2 Å². The molecule has 22 heavy (non-hydrogen) atoms. The third-order valence-corrected chi connectivity index (χ3v) is 6.47. The first kappa shape index (κ1) is 16.1. The molecule has 1 aromatic heterocycles. The van der Waals surface area contributed by atoms with Crippen LogP contribution in [0.1, 0.15) is 49.8 Å². The molecule has 1 aliphatic carbocycles. The molecule has 2 fully saturated rings. The lowest BCUT2D eigenvalue weighted by atomic mass is 9.76. The highest BCUT2D eigenvalue weighted by molar-refractivity contribution is 7.10. The Morgan fingerprint density at radius 1 is 1.23 bits per heavy atom. The van der Waals surface area contributed by atoms with Crippen LogP contribution in [0.3, 0.4) is 0 Å². The van der Waals surface area contributed by atoms with Crippen LogP contribution in [-0.4, -0.2) is 36.3 Å². The molecule has 3 rings (SSSR count). The zero-order chi connectivity index (χ0) is 15.5. The van der Waals surface area contributed by atoms with E-state index in [0.717, 1.165) is 28.7 Å². The Bertz CT molecular complexity index is 530. The molecule has 2 nitrogen and oxygen atoms in total. The first-order chi connectivity index (χ1) is 10.6. The molecule has 0 bridgehead atoms. The van der Waals surface area contributed by atoms with Crippen molar-refractivity contribution in [1.82, 2.24) is 0 Å². The van der Waals surface area contributed by atoms with Gasteiger partial charge in [0.15, 0.2) is 5.60 Å². The van der Waals surface area contributed by atoms with Gasteiger partial charge in [-0.2, -0.15) is 0 Å². The van der Waals surface area contributed by atoms with E-state index in [1.54, 1.807) is 11.3 Å². The summed E-state index contributed by atoms with van der Waals surface area (Å²) in [5, 5.41) is 13.4. The summed E-state index contributed by atoms with van der Waals surface area (Å²) in [6.45, 7) is 3.34. The quantitative estimate of drug-likeness (QED) is 0.664. The van der Waals surface area contributed by atoms with Gasteiger partial charge in [-0.25, -0.2) is 0 Å². The van der Waals surface area contributed by atoms with E-state index in [-0.39, 0.29) is 0 Å². The van der Waals surface area contributed by atoms with Crippen molar-refractivity contribution in [3.05, 3.63) is 22.4 Å². The van der Waals surface area contributed by atoms with E-state index in [2.05, 4.69) is 30.3 Å². The summed E-state index contributed by atoms with van der Waals surface area (Å²) in [4.78, 5) is 1.04. The molecule has 1 aromatic rings. The second kappa shape index (κ2) is 6.74. The van der Waals surface area contributed by atoms with Crippen LogP contribution >= 0.6 is 11.3 Å². The van der Waals surface area contributed by atoms with E-state index in [9.17, 15) is 5.11 Å². The monoisotopic (exact) mass is 318 g/mol. The van der Waals surface area contributed by atoms with Crippen LogP contribution in [-0.2, 0) is 5.60 Å². The average molecular weight is 319 g/mol. The number of thiophene rings is 1. The first-order valence-corrected chi connectivity index (χ1v) is 9.60. The van der Waals surface area contributed by atoms with E-state index in [0.29, 0.717) is 5.92 Å². The number of likely N-dealkylation sites (tertiary alicyclic amines) is 1. The van der Waals surface area contributed by atoms with Crippen molar-refractivity contribution in [2.24, 2.45) is 5.92 Å². The smallest absolute Gasteiger partial charge is 0.162 e. The molecule has 0 amide bonds. The molecule has 3 heteroatoms. The number of quaternary nitrogens is 1. The fraction of sp³-hybridized carbons (Fsp3) is 0.684. The molecular weight excluding hydrogens is 290 g/mol. The molecule has 1 unspecified atom stereocenters. The van der Waals surface area contributed by atoms with E-state index >= 15 is 0 Å². The van der Waals surface area contributed by atoms with Crippen LogP contribution in [0, 0.1) is 17.8 Å². The van der Waals surface area contributed by atoms with Crippen molar-refractivity contribution in [2.45, 2.75) is 50.5 Å². The zero-order valence-electron chi connectivity index (χ0n) is 13.7. The van der Waals surface area contributed by atoms with Crippen molar-refractivity contribution >= 4 is 11.3 Å². The van der Waals surface area contributed by atoms with E-state index < -0.39 is 5.60 Å². The molecule has 1 aliphatic heterocycles. The minimum Gasteiger partial charge on any atom is -0.372 e. The summed E-state index contributed by atoms with van der Waals surface area (Å²) in [5.74, 6) is 7.00. The van der Waals surface area contributed by atoms with Crippen molar-refractivity contribution in [3.8, 4) is 11.8 Å². The third-order valence-electron chi connectivity index (χ3n) is 5.48. The van der Waals surface area contributed by atoms with Gasteiger partial charge in [0, 0.05) is 23.6 Å². The molecule has 0 radical (unpaired) electrons. The fourth-order valence-corrected chi connectivity index (χ4v) is 4.86. The van der Waals surface area contributed by atoms with Gasteiger partial charge >= 0.3 is 0 Å². The maximum absolute atomic E-state index is 11.4. The van der Waals surface area contributed by atoms with Crippen molar-refractivity contribution in [3.63, 3.8) is 0 Å². The topological polar surface area (TPSA) is 20.2 Å². The molecular formula is C19H28NOS+. The Hall–Kier alpha value is -0.820. The standard InChI is InChI=1S/C19H28NOS/c1-20(13-5-6-14-20)15-8-12-19(21,18-11-7-16-22-18)17-9-3-2-4-10-17/h7,11,16-17,21H,2-6,9-10,13-15H2,1H3/q+1. The van der Waals surface area contributed by atoms with Crippen LogP contribution in [0.4, 0.5) is 0 Å². The molecule has 2 aliphatic rings. The van der Waals surface area contributed by atoms with Gasteiger partial charge in [0.05, 0.1) is 20.1 Å². The normalized spacial score (nSPS) is 24.5. The van der Waals surface area contributed by atoms with Gasteiger partial charge in [0.25, 0.3) is 0 Å². The van der Waals surface area contributed by atoms with Gasteiger partial charge in [0.2, 0.25) is 0 Å². The molecule has 1 saturated carbocycles. The molecule has 0 aromatic carbocycles. The van der Waals surface area contributed by atoms with Crippen LogP contribution in [0.15, 0.2) is 17.5 Å². The van der Waals surface area contributed by atoms with Gasteiger partial charge in [0.1, 0.15) is 6.54 Å². The minimum absolute atomic E-state index is 0.302. The summed E-state index contributed by atoms with van der Waals surface area (Å²) < 4.78 is 1.05. The van der Waals surface area contributed by atoms with Crippen molar-refractivity contribution < 1.29 is 9.59 Å². The van der Waals surface area contributed by atoms with Crippen molar-refractivity contribution in [2.75, 3.05) is 26.7 Å². The minimum atomic E-state index is -0.923. The van der Waals surface area contributed by atoms with E-state index in [4.69, 9.17) is 0 Å². The van der Waals surface area contributed by atoms with Gasteiger partial charge in [-0.1, -0.05) is 31.2 Å². The van der Waals surface area contributed by atoms with Crippen molar-refractivity contribution in [1.29, 1.82) is 0 Å². The Balaban J connectivity index is 1.80. The zero-order valence-corrected chi connectivity index (χ0v) is 14.5. The lowest BCUT2D eigenvalue weighted by Crippen LogP contribution is -2.41. The molecule has 1 atom stereocenters. The van der Waals surface area contributed by atoms with Gasteiger partial charge in [-0.15, -0.1) is 11.3 Å². The fourth-order valence-electron chi connectivity index (χ4n) is 4.00. The molecule has 2 heterocycles. The van der Waals surface area contributed by atoms with Gasteiger partial charge in [-0.05, 0) is 30.2 Å². The van der Waals surface area contributed by atoms with Crippen LogP contribution in [0.2, 0.25) is 0 Å². The maximum Gasteiger partial charge on any atom is 0.162 e. The maximum atomic E-state index is 11.4. The molecule has 0 spiro atoms. The van der Waals surface area contributed by atoms with Gasteiger partial charge < -0.3 is 9.59 Å². The largest absolute Gasteiger partial charge is 0.372 e. The van der Waals surface area contributed by atoms with Crippen LogP contribution < -0.4 is 0 Å². The summed E-state index contributed by atoms with van der Waals surface area (Å²) in [7, 11) is 2.30. The summed E-state index contributed by atoms with van der Waals surface area (Å²) in [5.41, 5.74) is -0.923. The first-order valence-electron chi connectivity index (χ1n) is 8.72. The van der Waals surface area contributed by atoms with Crippen LogP contribution in [0.5, 0.6) is 0 Å². The van der Waals surface area contributed by atoms with Gasteiger partial charge in [-0.3, -0.25) is 0 Å². The number of nitrogens with zero attached hydrogens (tertiary/aromatic N) is 1. The SMILES string of the molecule is C[N+]1(CC#CC(O)(c2cccs2)C2CCCCC2)CCCC1. The summed E-state index contributed by atoms with van der Waals surface area (Å²) in [6.07, 6.45) is 8.61. The third kappa shape index (κ3) is 3.40. The predicted octanol–water partition coefficient (Wildman–Crippen LogP) is 3.76. The molecule has 1 N–H and O–H groups in total. The van der Waals surface area contributed by atoms with E-state index in [1.807, 2.05) is 6.07 Å². The second-order valence-electron chi connectivity index (χ2n) is 7.31. The second-order valence-corrected chi connectivity index (χ2v) is 8.26. The molecule has 120 valence electrons. The lowest BCUT2D eigenvalue weighted by Gasteiger charge is -2.34. The molecule has 1 saturated heterocycles.